The molecule has 2 rings (SSSR count). The summed E-state index contributed by atoms with van der Waals surface area (Å²) in [5, 5.41) is 8.15. The van der Waals surface area contributed by atoms with Crippen LogP contribution in [0.3, 0.4) is 0 Å². The molecule has 0 radical (unpaired) electrons. The maximum Gasteiger partial charge on any atom is 0.257 e. The normalized spacial score (nSPS) is 9.75. The number of nitrogens with one attached hydrogen (secondary N) is 3. The molecule has 0 aliphatic carbocycles. The van der Waals surface area contributed by atoms with E-state index in [1.54, 1.807) is 62.7 Å². The van der Waals surface area contributed by atoms with E-state index in [4.69, 9.17) is 17.0 Å². The van der Waals surface area contributed by atoms with E-state index in [0.29, 0.717) is 22.6 Å². The molecule has 2 amide bonds. The first-order chi connectivity index (χ1) is 11.5. The third-order valence-corrected chi connectivity index (χ3v) is 3.39. The predicted octanol–water partition coefficient (Wildman–Crippen LogP) is 2.18. The molecule has 0 fully saturated rings. The molecule has 0 spiro atoms. The van der Waals surface area contributed by atoms with Gasteiger partial charge in [0, 0.05) is 23.9 Å². The number of carbonyl (C=O) groups excluding carboxylic acids is 2. The van der Waals surface area contributed by atoms with E-state index in [1.807, 2.05) is 0 Å². The van der Waals surface area contributed by atoms with Gasteiger partial charge in [0.05, 0.1) is 7.11 Å². The highest BCUT2D eigenvalue weighted by atomic mass is 32.1. The van der Waals surface area contributed by atoms with Crippen molar-refractivity contribution >= 4 is 34.8 Å². The Morgan fingerprint density at radius 1 is 1.00 bits per heavy atom. The van der Waals surface area contributed by atoms with E-state index in [-0.39, 0.29) is 16.9 Å². The summed E-state index contributed by atoms with van der Waals surface area (Å²) in [6.07, 6.45) is 0. The van der Waals surface area contributed by atoms with Crippen LogP contribution in [-0.4, -0.2) is 31.1 Å². The lowest BCUT2D eigenvalue weighted by Gasteiger charge is -2.11. The fraction of sp³-hybridized carbons (Fsp3) is 0.118. The minimum atomic E-state index is -0.336. The number of thiocarbonyl (C=S) groups is 1. The van der Waals surface area contributed by atoms with Gasteiger partial charge in [-0.15, -0.1) is 0 Å². The number of amides is 2. The second-order valence-electron chi connectivity index (χ2n) is 4.80. The van der Waals surface area contributed by atoms with Gasteiger partial charge in [0.2, 0.25) is 0 Å². The largest absolute Gasteiger partial charge is 0.497 e. The molecule has 0 heterocycles. The summed E-state index contributed by atoms with van der Waals surface area (Å²) in [7, 11) is 3.11. The molecule has 0 atom stereocenters. The molecule has 124 valence electrons. The Balaban J connectivity index is 1.99. The number of hydrogen-bond donors (Lipinski definition) is 3. The number of rotatable bonds is 4. The molecule has 0 saturated carbocycles. The Kier molecular flexibility index (Phi) is 5.86. The van der Waals surface area contributed by atoms with E-state index in [0.717, 1.165) is 0 Å². The van der Waals surface area contributed by atoms with Gasteiger partial charge in [0.25, 0.3) is 11.8 Å². The van der Waals surface area contributed by atoms with Gasteiger partial charge in [-0.2, -0.15) is 0 Å². The molecule has 7 heteroatoms. The van der Waals surface area contributed by atoms with Crippen LogP contribution in [0.15, 0.2) is 48.5 Å². The summed E-state index contributed by atoms with van der Waals surface area (Å²) in [5.74, 6) is 0.128. The van der Waals surface area contributed by atoms with Crippen LogP contribution in [0, 0.1) is 0 Å². The fourth-order valence-corrected chi connectivity index (χ4v) is 2.17. The minimum Gasteiger partial charge on any atom is -0.497 e. The molecule has 2 aromatic rings. The van der Waals surface area contributed by atoms with Crippen LogP contribution in [0.25, 0.3) is 0 Å². The molecule has 0 aliphatic heterocycles. The lowest BCUT2D eigenvalue weighted by Crippen LogP contribution is -2.34. The maximum absolute atomic E-state index is 12.1. The number of benzene rings is 2. The summed E-state index contributed by atoms with van der Waals surface area (Å²) >= 11 is 5.13. The number of anilines is 1. The van der Waals surface area contributed by atoms with E-state index in [1.165, 1.54) is 0 Å². The van der Waals surface area contributed by atoms with E-state index < -0.39 is 0 Å². The summed E-state index contributed by atoms with van der Waals surface area (Å²) in [4.78, 5) is 23.7. The van der Waals surface area contributed by atoms with Gasteiger partial charge in [0.1, 0.15) is 5.75 Å². The molecule has 24 heavy (non-hydrogen) atoms. The van der Waals surface area contributed by atoms with Gasteiger partial charge in [-0.3, -0.25) is 14.9 Å². The van der Waals surface area contributed by atoms with Crippen molar-refractivity contribution < 1.29 is 14.3 Å². The number of carbonyl (C=O) groups is 2. The average molecular weight is 343 g/mol. The second-order valence-corrected chi connectivity index (χ2v) is 5.20. The molecule has 0 unspecified atom stereocenters. The molecule has 0 aliphatic rings. The van der Waals surface area contributed by atoms with Gasteiger partial charge in [-0.1, -0.05) is 6.07 Å². The molecule has 3 N–H and O–H groups in total. The third-order valence-electron chi connectivity index (χ3n) is 3.19. The summed E-state index contributed by atoms with van der Waals surface area (Å²) in [6, 6.07) is 13.5. The van der Waals surface area contributed by atoms with Crippen molar-refractivity contribution in [1.29, 1.82) is 0 Å². The van der Waals surface area contributed by atoms with E-state index in [2.05, 4.69) is 16.0 Å². The van der Waals surface area contributed by atoms with Crippen LogP contribution < -0.4 is 20.7 Å². The van der Waals surface area contributed by atoms with Crippen LogP contribution in [0.5, 0.6) is 5.75 Å². The molecule has 6 nitrogen and oxygen atoms in total. The zero-order valence-corrected chi connectivity index (χ0v) is 14.1. The van der Waals surface area contributed by atoms with Crippen molar-refractivity contribution in [3.8, 4) is 5.75 Å². The molecule has 0 aromatic heterocycles. The van der Waals surface area contributed by atoms with Crippen molar-refractivity contribution in [1.82, 2.24) is 10.6 Å². The molecule has 0 bridgehead atoms. The van der Waals surface area contributed by atoms with Crippen LogP contribution in [0.2, 0.25) is 0 Å². The zero-order valence-electron chi connectivity index (χ0n) is 13.3. The first kappa shape index (κ1) is 17.4. The van der Waals surface area contributed by atoms with Crippen molar-refractivity contribution in [2.45, 2.75) is 0 Å². The third kappa shape index (κ3) is 4.53. The summed E-state index contributed by atoms with van der Waals surface area (Å²) < 4.78 is 5.05. The highest BCUT2D eigenvalue weighted by Crippen LogP contribution is 2.12. The van der Waals surface area contributed by atoms with Crippen LogP contribution >= 0.6 is 12.2 Å². The zero-order chi connectivity index (χ0) is 17.5. The summed E-state index contributed by atoms with van der Waals surface area (Å²) in [5.41, 5.74) is 1.56. The average Bonchev–Trinajstić information content (AvgIpc) is 2.61. The highest BCUT2D eigenvalue weighted by Gasteiger charge is 2.09. The van der Waals surface area contributed by atoms with Crippen molar-refractivity contribution in [3.63, 3.8) is 0 Å². The second kappa shape index (κ2) is 8.07. The lowest BCUT2D eigenvalue weighted by molar-refractivity contribution is 0.0959. The van der Waals surface area contributed by atoms with Crippen LogP contribution in [0.1, 0.15) is 20.7 Å². The SMILES string of the molecule is CNC(=O)c1cccc(NC(=S)NC(=O)c2ccc(OC)cc2)c1. The quantitative estimate of drug-likeness (QED) is 0.742. The predicted molar refractivity (Wildman–Crippen MR) is 96.5 cm³/mol. The Bertz CT molecular complexity index is 760. The minimum absolute atomic E-state index is 0.143. The van der Waals surface area contributed by atoms with Crippen molar-refractivity contribution in [3.05, 3.63) is 59.7 Å². The topological polar surface area (TPSA) is 79.5 Å². The van der Waals surface area contributed by atoms with Crippen molar-refractivity contribution in [2.75, 3.05) is 19.5 Å². The Labute approximate surface area is 145 Å². The van der Waals surface area contributed by atoms with Crippen LogP contribution in [-0.2, 0) is 0 Å². The Hall–Kier alpha value is -2.93. The molecule has 2 aromatic carbocycles. The monoisotopic (exact) mass is 343 g/mol. The van der Waals surface area contributed by atoms with Gasteiger partial charge in [0.15, 0.2) is 5.11 Å². The number of methoxy groups -OCH3 is 1. The van der Waals surface area contributed by atoms with E-state index in [9.17, 15) is 9.59 Å². The van der Waals surface area contributed by atoms with Gasteiger partial charge in [-0.25, -0.2) is 0 Å². The van der Waals surface area contributed by atoms with Gasteiger partial charge >= 0.3 is 0 Å². The summed E-state index contributed by atoms with van der Waals surface area (Å²) in [6.45, 7) is 0. The standard InChI is InChI=1S/C17H17N3O3S/c1-18-15(21)12-4-3-5-13(10-12)19-17(24)20-16(22)11-6-8-14(23-2)9-7-11/h3-10H,1-2H3,(H,18,21)(H2,19,20,22,24). The number of ether oxygens (including phenoxy) is 1. The molecular formula is C17H17N3O3S. The molecule has 0 saturated heterocycles. The van der Waals surface area contributed by atoms with Gasteiger partial charge in [-0.05, 0) is 54.7 Å². The fourth-order valence-electron chi connectivity index (χ4n) is 1.96. The first-order valence-electron chi connectivity index (χ1n) is 7.12. The number of hydrogen-bond acceptors (Lipinski definition) is 4. The Morgan fingerprint density at radius 2 is 1.71 bits per heavy atom. The highest BCUT2D eigenvalue weighted by molar-refractivity contribution is 7.80. The maximum atomic E-state index is 12.1. The smallest absolute Gasteiger partial charge is 0.257 e. The molecular weight excluding hydrogens is 326 g/mol. The first-order valence-corrected chi connectivity index (χ1v) is 7.53. The van der Waals surface area contributed by atoms with Crippen LogP contribution in [0.4, 0.5) is 5.69 Å². The van der Waals surface area contributed by atoms with E-state index >= 15 is 0 Å². The van der Waals surface area contributed by atoms with Gasteiger partial charge < -0.3 is 15.4 Å². The van der Waals surface area contributed by atoms with Crippen molar-refractivity contribution in [2.24, 2.45) is 0 Å². The lowest BCUT2D eigenvalue weighted by atomic mass is 10.2. The Morgan fingerprint density at radius 3 is 2.33 bits per heavy atom.